The Morgan fingerprint density at radius 2 is 1.81 bits per heavy atom. The highest BCUT2D eigenvalue weighted by Crippen LogP contribution is 2.38. The maximum atomic E-state index is 5.78. The zero-order chi connectivity index (χ0) is 17.5. The Morgan fingerprint density at radius 3 is 2.69 bits per heavy atom. The van der Waals surface area contributed by atoms with Crippen molar-refractivity contribution >= 4 is 22.1 Å². The smallest absolute Gasteiger partial charge is 0.137 e. The first-order valence-corrected chi connectivity index (χ1v) is 9.27. The zero-order valence-corrected chi connectivity index (χ0v) is 14.8. The molecule has 5 rings (SSSR count). The molecule has 4 heterocycles. The van der Waals surface area contributed by atoms with Gasteiger partial charge in [0.05, 0.1) is 6.10 Å². The Kier molecular flexibility index (Phi) is 3.75. The molecule has 5 nitrogen and oxygen atoms in total. The van der Waals surface area contributed by atoms with Gasteiger partial charge in [0.25, 0.3) is 0 Å². The van der Waals surface area contributed by atoms with Gasteiger partial charge >= 0.3 is 0 Å². The minimum atomic E-state index is 0.296. The van der Waals surface area contributed by atoms with Crippen molar-refractivity contribution in [1.82, 2.24) is 19.9 Å². The van der Waals surface area contributed by atoms with Gasteiger partial charge in [-0.2, -0.15) is 0 Å². The van der Waals surface area contributed by atoms with Crippen LogP contribution in [0.15, 0.2) is 43.0 Å². The van der Waals surface area contributed by atoms with Crippen molar-refractivity contribution < 1.29 is 4.74 Å². The number of hydrogen-bond acceptors (Lipinski definition) is 3. The number of aromatic nitrogens is 4. The van der Waals surface area contributed by atoms with Crippen LogP contribution in [0.4, 0.5) is 0 Å². The summed E-state index contributed by atoms with van der Waals surface area (Å²) in [5, 5.41) is 2.31. The molecule has 0 aromatic carbocycles. The van der Waals surface area contributed by atoms with Crippen LogP contribution >= 0.6 is 0 Å². The number of rotatable bonds is 3. The van der Waals surface area contributed by atoms with Crippen molar-refractivity contribution in [2.45, 2.75) is 37.7 Å². The molecule has 1 saturated carbocycles. The molecular weight excluding hydrogens is 324 g/mol. The van der Waals surface area contributed by atoms with E-state index in [2.05, 4.69) is 38.3 Å². The third-order valence-electron chi connectivity index (χ3n) is 5.70. The highest BCUT2D eigenvalue weighted by molar-refractivity contribution is 5.87. The number of H-pyrrole nitrogens is 2. The van der Waals surface area contributed by atoms with Crippen LogP contribution in [0, 0.1) is 0 Å². The lowest BCUT2D eigenvalue weighted by Gasteiger charge is -2.30. The molecule has 0 radical (unpaired) electrons. The Morgan fingerprint density at radius 1 is 1.00 bits per heavy atom. The summed E-state index contributed by atoms with van der Waals surface area (Å²) in [7, 11) is 1.83. The van der Waals surface area contributed by atoms with Gasteiger partial charge in [0.2, 0.25) is 0 Å². The molecule has 0 bridgehead atoms. The van der Waals surface area contributed by atoms with Crippen molar-refractivity contribution in [3.05, 3.63) is 48.5 Å². The lowest BCUT2D eigenvalue weighted by atomic mass is 9.81. The van der Waals surface area contributed by atoms with Crippen molar-refractivity contribution in [1.29, 1.82) is 0 Å². The Balaban J connectivity index is 1.60. The van der Waals surface area contributed by atoms with Gasteiger partial charge in [0.1, 0.15) is 11.3 Å². The van der Waals surface area contributed by atoms with Gasteiger partial charge in [0.15, 0.2) is 0 Å². The molecule has 1 unspecified atom stereocenters. The first-order chi connectivity index (χ1) is 12.8. The normalized spacial score (nSPS) is 20.8. The third kappa shape index (κ3) is 2.51. The fourth-order valence-electron chi connectivity index (χ4n) is 4.32. The highest BCUT2D eigenvalue weighted by Gasteiger charge is 2.28. The molecular formula is C21H22N4O. The van der Waals surface area contributed by atoms with Crippen LogP contribution < -0.4 is 0 Å². The van der Waals surface area contributed by atoms with E-state index in [0.717, 1.165) is 34.2 Å². The standard InChI is InChI=1S/C21H22N4O/c1-26-19-5-3-2-4-16(19)18-12-25-21-17(18)9-15(11-24-21)14-8-13-6-7-22-20(13)23-10-14/h6-12,16,19H,2-5H2,1H3,(H,22,23)(H,24,25)/t16-,19?/m0/s1. The molecule has 0 aliphatic heterocycles. The first-order valence-electron chi connectivity index (χ1n) is 9.27. The maximum Gasteiger partial charge on any atom is 0.137 e. The van der Waals surface area contributed by atoms with E-state index in [4.69, 9.17) is 4.74 Å². The van der Waals surface area contributed by atoms with E-state index in [0.29, 0.717) is 12.0 Å². The molecule has 2 N–H and O–H groups in total. The molecule has 132 valence electrons. The summed E-state index contributed by atoms with van der Waals surface area (Å²) in [5.41, 5.74) is 5.37. The van der Waals surface area contributed by atoms with Crippen LogP contribution in [0.3, 0.4) is 0 Å². The van der Waals surface area contributed by atoms with E-state index in [-0.39, 0.29) is 0 Å². The molecule has 0 saturated heterocycles. The largest absolute Gasteiger partial charge is 0.381 e. The molecule has 4 aromatic rings. The SMILES string of the molecule is COC1CCCC[C@H]1c1c[nH]c2ncc(-c3cnc4[nH]ccc4c3)cc12. The van der Waals surface area contributed by atoms with Gasteiger partial charge in [-0.05, 0) is 36.6 Å². The number of hydrogen-bond donors (Lipinski definition) is 2. The fourth-order valence-corrected chi connectivity index (χ4v) is 4.32. The summed E-state index contributed by atoms with van der Waals surface area (Å²) in [6, 6.07) is 6.45. The summed E-state index contributed by atoms with van der Waals surface area (Å²) in [6.07, 6.45) is 13.0. The van der Waals surface area contributed by atoms with E-state index >= 15 is 0 Å². The second kappa shape index (κ2) is 6.25. The highest BCUT2D eigenvalue weighted by atomic mass is 16.5. The van der Waals surface area contributed by atoms with Crippen molar-refractivity contribution in [2.24, 2.45) is 0 Å². The van der Waals surface area contributed by atoms with E-state index in [9.17, 15) is 0 Å². The minimum absolute atomic E-state index is 0.296. The number of methoxy groups -OCH3 is 1. The molecule has 1 fully saturated rings. The predicted octanol–water partition coefficient (Wildman–Crippen LogP) is 4.78. The monoisotopic (exact) mass is 346 g/mol. The van der Waals surface area contributed by atoms with E-state index < -0.39 is 0 Å². The summed E-state index contributed by atoms with van der Waals surface area (Å²) in [6.45, 7) is 0. The quantitative estimate of drug-likeness (QED) is 0.561. The van der Waals surface area contributed by atoms with Gasteiger partial charge in [-0.1, -0.05) is 12.8 Å². The lowest BCUT2D eigenvalue weighted by Crippen LogP contribution is -2.24. The summed E-state index contributed by atoms with van der Waals surface area (Å²) < 4.78 is 5.78. The number of nitrogens with zero attached hydrogens (tertiary/aromatic N) is 2. The van der Waals surface area contributed by atoms with Crippen molar-refractivity contribution in [2.75, 3.05) is 7.11 Å². The molecule has 5 heteroatoms. The van der Waals surface area contributed by atoms with Crippen LogP contribution in [0.25, 0.3) is 33.2 Å². The number of ether oxygens (including phenoxy) is 1. The van der Waals surface area contributed by atoms with Crippen molar-refractivity contribution in [3.8, 4) is 11.1 Å². The van der Waals surface area contributed by atoms with Gasteiger partial charge in [-0.25, -0.2) is 9.97 Å². The third-order valence-corrected chi connectivity index (χ3v) is 5.70. The second-order valence-corrected chi connectivity index (χ2v) is 7.17. The van der Waals surface area contributed by atoms with Crippen LogP contribution in [0.2, 0.25) is 0 Å². The van der Waals surface area contributed by atoms with Crippen LogP contribution in [-0.2, 0) is 4.74 Å². The minimum Gasteiger partial charge on any atom is -0.381 e. The molecule has 0 amide bonds. The summed E-state index contributed by atoms with van der Waals surface area (Å²) in [5.74, 6) is 0.435. The molecule has 1 aliphatic rings. The number of fused-ring (bicyclic) bond motifs is 2. The Hall–Kier alpha value is -2.66. The number of aromatic amines is 2. The molecule has 26 heavy (non-hydrogen) atoms. The van der Waals surface area contributed by atoms with Gasteiger partial charge < -0.3 is 14.7 Å². The molecule has 0 spiro atoms. The van der Waals surface area contributed by atoms with Crippen LogP contribution in [0.1, 0.15) is 37.2 Å². The summed E-state index contributed by atoms with van der Waals surface area (Å²) >= 11 is 0. The van der Waals surface area contributed by atoms with Crippen LogP contribution in [-0.4, -0.2) is 33.1 Å². The summed E-state index contributed by atoms with van der Waals surface area (Å²) in [4.78, 5) is 15.7. The van der Waals surface area contributed by atoms with Gasteiger partial charge in [-0.15, -0.1) is 0 Å². The fraction of sp³-hybridized carbons (Fsp3) is 0.333. The van der Waals surface area contributed by atoms with Crippen LogP contribution in [0.5, 0.6) is 0 Å². The predicted molar refractivity (Wildman–Crippen MR) is 103 cm³/mol. The second-order valence-electron chi connectivity index (χ2n) is 7.17. The van der Waals surface area contributed by atoms with E-state index in [1.54, 1.807) is 0 Å². The Labute approximate surface area is 151 Å². The maximum absolute atomic E-state index is 5.78. The zero-order valence-electron chi connectivity index (χ0n) is 14.8. The van der Waals surface area contributed by atoms with E-state index in [1.165, 1.54) is 30.2 Å². The molecule has 1 aliphatic carbocycles. The topological polar surface area (TPSA) is 66.6 Å². The Bertz CT molecular complexity index is 1060. The molecule has 4 aromatic heterocycles. The van der Waals surface area contributed by atoms with E-state index in [1.807, 2.05) is 31.8 Å². The molecule has 2 atom stereocenters. The average Bonchev–Trinajstić information content (AvgIpc) is 3.33. The number of pyridine rings is 2. The lowest BCUT2D eigenvalue weighted by molar-refractivity contribution is 0.0527. The van der Waals surface area contributed by atoms with Crippen molar-refractivity contribution in [3.63, 3.8) is 0 Å². The van der Waals surface area contributed by atoms with Gasteiger partial charge in [0, 0.05) is 59.7 Å². The van der Waals surface area contributed by atoms with Gasteiger partial charge in [-0.3, -0.25) is 0 Å². The number of nitrogens with one attached hydrogen (secondary N) is 2. The average molecular weight is 346 g/mol. The first kappa shape index (κ1) is 15.6.